The van der Waals surface area contributed by atoms with Crippen LogP contribution in [0.2, 0.25) is 0 Å². The molecule has 11 nitrogen and oxygen atoms in total. The second-order valence-corrected chi connectivity index (χ2v) is 13.5. The highest BCUT2D eigenvalue weighted by molar-refractivity contribution is 6.01. The van der Waals surface area contributed by atoms with Gasteiger partial charge in [-0.15, -0.1) is 0 Å². The molecule has 3 N–H and O–H groups in total. The summed E-state index contributed by atoms with van der Waals surface area (Å²) < 4.78 is 1.58. The lowest BCUT2D eigenvalue weighted by atomic mass is 9.93. The first kappa shape index (κ1) is 38.0. The average Bonchev–Trinajstić information content (AvgIpc) is 3.54. The molecule has 1 aliphatic rings. The zero-order valence-electron chi connectivity index (χ0n) is 30.3. The number of benzene rings is 3. The molecule has 5 rings (SSSR count). The third-order valence-electron chi connectivity index (χ3n) is 9.62. The second kappa shape index (κ2) is 17.8. The number of rotatable bonds is 16. The number of fused-ring (bicyclic) bond motifs is 1. The molecule has 274 valence electrons. The van der Waals surface area contributed by atoms with Gasteiger partial charge in [0.15, 0.2) is 5.69 Å². The summed E-state index contributed by atoms with van der Waals surface area (Å²) in [6.45, 7) is 7.29. The van der Waals surface area contributed by atoms with E-state index in [9.17, 15) is 29.4 Å². The van der Waals surface area contributed by atoms with Gasteiger partial charge in [-0.05, 0) is 73.6 Å². The number of carbonyl (C=O) groups is 4. The molecule has 52 heavy (non-hydrogen) atoms. The molecule has 1 unspecified atom stereocenters. The summed E-state index contributed by atoms with van der Waals surface area (Å²) in [6, 6.07) is 23.2. The van der Waals surface area contributed by atoms with Gasteiger partial charge in [0.2, 0.25) is 5.91 Å². The number of aromatic nitrogens is 2. The molecule has 2 heterocycles. The molecule has 0 spiro atoms. The zero-order chi connectivity index (χ0) is 37.2. The van der Waals surface area contributed by atoms with Gasteiger partial charge in [0, 0.05) is 31.0 Å². The number of carboxylic acid groups (broad SMARTS) is 1. The summed E-state index contributed by atoms with van der Waals surface area (Å²) in [5.41, 5.74) is 4.73. The SMILES string of the molecule is CCCCN(CCCC)C(=O)c1cc(C)n(-c2ccc(NC(=O)C(CC(=O)O)Cc3ccccc3)cc2C(=O)N2Cc3ccccc3C[C@H]2CO)n1. The maximum atomic E-state index is 14.6. The van der Waals surface area contributed by atoms with Gasteiger partial charge in [-0.2, -0.15) is 5.10 Å². The van der Waals surface area contributed by atoms with E-state index < -0.39 is 23.8 Å². The van der Waals surface area contributed by atoms with E-state index in [0.717, 1.165) is 42.4 Å². The molecule has 1 aliphatic heterocycles. The van der Waals surface area contributed by atoms with Crippen molar-refractivity contribution in [1.29, 1.82) is 0 Å². The molecule has 0 radical (unpaired) electrons. The molecule has 3 aromatic carbocycles. The van der Waals surface area contributed by atoms with Crippen LogP contribution in [0, 0.1) is 12.8 Å². The fourth-order valence-electron chi connectivity index (χ4n) is 6.72. The van der Waals surface area contributed by atoms with E-state index in [0.29, 0.717) is 36.6 Å². The number of hydrogen-bond donors (Lipinski definition) is 3. The van der Waals surface area contributed by atoms with Gasteiger partial charge in [0.1, 0.15) is 0 Å². The Morgan fingerprint density at radius 1 is 0.923 bits per heavy atom. The Hall–Kier alpha value is -5.29. The van der Waals surface area contributed by atoms with E-state index in [2.05, 4.69) is 19.2 Å². The number of hydrogen-bond acceptors (Lipinski definition) is 6. The highest BCUT2D eigenvalue weighted by Crippen LogP contribution is 2.29. The predicted octanol–water partition coefficient (Wildman–Crippen LogP) is 6.05. The Labute approximate surface area is 305 Å². The van der Waals surface area contributed by atoms with Crippen LogP contribution < -0.4 is 5.32 Å². The highest BCUT2D eigenvalue weighted by atomic mass is 16.4. The second-order valence-electron chi connectivity index (χ2n) is 13.5. The van der Waals surface area contributed by atoms with Crippen LogP contribution in [-0.2, 0) is 29.0 Å². The molecule has 1 aromatic heterocycles. The lowest BCUT2D eigenvalue weighted by Crippen LogP contribution is -2.46. The van der Waals surface area contributed by atoms with Crippen molar-refractivity contribution < 1.29 is 29.4 Å². The van der Waals surface area contributed by atoms with E-state index in [1.165, 1.54) is 0 Å². The summed E-state index contributed by atoms with van der Waals surface area (Å²) in [7, 11) is 0. The van der Waals surface area contributed by atoms with Crippen LogP contribution in [0.4, 0.5) is 5.69 Å². The Morgan fingerprint density at radius 3 is 2.25 bits per heavy atom. The van der Waals surface area contributed by atoms with E-state index in [-0.39, 0.29) is 49.1 Å². The zero-order valence-corrected chi connectivity index (χ0v) is 30.3. The summed E-state index contributed by atoms with van der Waals surface area (Å²) in [5, 5.41) is 27.6. The largest absolute Gasteiger partial charge is 0.481 e. The normalized spacial score (nSPS) is 14.4. The smallest absolute Gasteiger partial charge is 0.304 e. The number of anilines is 1. The topological polar surface area (TPSA) is 145 Å². The van der Waals surface area contributed by atoms with Crippen molar-refractivity contribution in [3.05, 3.63) is 113 Å². The van der Waals surface area contributed by atoms with Crippen molar-refractivity contribution in [3.8, 4) is 5.69 Å². The van der Waals surface area contributed by atoms with Crippen LogP contribution in [-0.4, -0.2) is 79.2 Å². The minimum Gasteiger partial charge on any atom is -0.481 e. The summed E-state index contributed by atoms with van der Waals surface area (Å²) >= 11 is 0. The van der Waals surface area contributed by atoms with Crippen molar-refractivity contribution in [2.24, 2.45) is 5.92 Å². The lowest BCUT2D eigenvalue weighted by Gasteiger charge is -2.36. The van der Waals surface area contributed by atoms with Crippen LogP contribution in [0.1, 0.15) is 89.2 Å². The summed E-state index contributed by atoms with van der Waals surface area (Å²) in [5.74, 6) is -2.98. The van der Waals surface area contributed by atoms with E-state index in [1.54, 1.807) is 33.8 Å². The maximum absolute atomic E-state index is 14.6. The highest BCUT2D eigenvalue weighted by Gasteiger charge is 2.32. The molecule has 3 amide bonds. The number of carboxylic acids is 1. The van der Waals surface area contributed by atoms with Crippen LogP contribution in [0.5, 0.6) is 0 Å². The van der Waals surface area contributed by atoms with Gasteiger partial charge in [0.05, 0.1) is 36.2 Å². The van der Waals surface area contributed by atoms with Crippen molar-refractivity contribution in [2.75, 3.05) is 25.0 Å². The van der Waals surface area contributed by atoms with Crippen molar-refractivity contribution >= 4 is 29.4 Å². The number of aliphatic hydroxyl groups is 1. The summed E-state index contributed by atoms with van der Waals surface area (Å²) in [4.78, 5) is 57.2. The molecule has 2 atom stereocenters. The Morgan fingerprint density at radius 2 is 1.60 bits per heavy atom. The molecular formula is C41H49N5O6. The fraction of sp³-hybridized carbons (Fsp3) is 0.390. The Kier molecular flexibility index (Phi) is 13.0. The number of nitrogens with one attached hydrogen (secondary N) is 1. The minimum atomic E-state index is -1.09. The van der Waals surface area contributed by atoms with Gasteiger partial charge in [0.25, 0.3) is 11.8 Å². The number of aliphatic carboxylic acids is 1. The quantitative estimate of drug-likeness (QED) is 0.129. The molecule has 0 saturated carbocycles. The average molecular weight is 708 g/mol. The van der Waals surface area contributed by atoms with Crippen LogP contribution in [0.25, 0.3) is 5.69 Å². The van der Waals surface area contributed by atoms with Gasteiger partial charge in [-0.1, -0.05) is 81.3 Å². The Balaban J connectivity index is 1.53. The molecule has 0 fully saturated rings. The van der Waals surface area contributed by atoms with Gasteiger partial charge in [-0.25, -0.2) is 4.68 Å². The van der Waals surface area contributed by atoms with Crippen molar-refractivity contribution in [3.63, 3.8) is 0 Å². The van der Waals surface area contributed by atoms with E-state index in [1.807, 2.05) is 66.4 Å². The fourth-order valence-corrected chi connectivity index (χ4v) is 6.72. The number of amides is 3. The van der Waals surface area contributed by atoms with E-state index in [4.69, 9.17) is 5.10 Å². The van der Waals surface area contributed by atoms with Crippen LogP contribution >= 0.6 is 0 Å². The van der Waals surface area contributed by atoms with Crippen LogP contribution in [0.15, 0.2) is 78.9 Å². The lowest BCUT2D eigenvalue weighted by molar-refractivity contribution is -0.140. The predicted molar refractivity (Wildman–Crippen MR) is 199 cm³/mol. The number of unbranched alkanes of at least 4 members (excludes halogenated alkanes) is 2. The molecular weight excluding hydrogens is 658 g/mol. The number of nitrogens with zero attached hydrogens (tertiary/aromatic N) is 4. The van der Waals surface area contributed by atoms with Crippen molar-refractivity contribution in [1.82, 2.24) is 19.6 Å². The Bertz CT molecular complexity index is 1860. The molecule has 0 bridgehead atoms. The summed E-state index contributed by atoms with van der Waals surface area (Å²) in [6.07, 6.45) is 4.01. The van der Waals surface area contributed by atoms with E-state index >= 15 is 0 Å². The number of aryl methyl sites for hydroxylation is 1. The first-order valence-electron chi connectivity index (χ1n) is 18.2. The van der Waals surface area contributed by atoms with Gasteiger partial charge >= 0.3 is 5.97 Å². The number of carbonyl (C=O) groups excluding carboxylic acids is 3. The maximum Gasteiger partial charge on any atom is 0.304 e. The third-order valence-corrected chi connectivity index (χ3v) is 9.62. The molecule has 4 aromatic rings. The molecule has 0 aliphatic carbocycles. The third kappa shape index (κ3) is 9.13. The first-order chi connectivity index (χ1) is 25.1. The van der Waals surface area contributed by atoms with Crippen LogP contribution in [0.3, 0.4) is 0 Å². The van der Waals surface area contributed by atoms with Gasteiger partial charge in [-0.3, -0.25) is 19.2 Å². The monoisotopic (exact) mass is 707 g/mol. The standard InChI is InChI=1S/C41H49N5O6/c1-4-6-19-44(20-7-5-2)41(52)36-21-28(3)46(43-36)37-18-17-33(42-39(50)32(24-38(48)49)22-29-13-9-8-10-14-29)25-35(37)40(51)45-26-31-16-12-11-15-30(31)23-34(45)27-47/h8-18,21,25,32,34,47H,4-7,19-20,22-24,26-27H2,1-3H3,(H,42,50)(H,48,49)/t32?,34-/m0/s1. The first-order valence-corrected chi connectivity index (χ1v) is 18.2. The van der Waals surface area contributed by atoms with Crippen molar-refractivity contribution in [2.45, 2.75) is 78.3 Å². The number of aliphatic hydroxyl groups excluding tert-OH is 1. The molecule has 0 saturated heterocycles. The minimum absolute atomic E-state index is 0.170. The van der Waals surface area contributed by atoms with Gasteiger partial charge < -0.3 is 25.3 Å². The molecule has 11 heteroatoms.